The van der Waals surface area contributed by atoms with E-state index in [1.54, 1.807) is 18.5 Å². The molecule has 0 saturated heterocycles. The number of rotatable bonds is 5. The maximum atomic E-state index is 12.7. The Morgan fingerprint density at radius 3 is 2.46 bits per heavy atom. The molecule has 2 rings (SSSR count). The van der Waals surface area contributed by atoms with Crippen molar-refractivity contribution in [1.29, 1.82) is 0 Å². The number of nitrogen functional groups attached to an aromatic ring is 1. The van der Waals surface area contributed by atoms with Crippen molar-refractivity contribution in [2.24, 2.45) is 0 Å². The van der Waals surface area contributed by atoms with Crippen molar-refractivity contribution < 1.29 is 13.3 Å². The minimum absolute atomic E-state index is 0.00487. The molecule has 130 valence electrons. The van der Waals surface area contributed by atoms with Crippen LogP contribution in [0.15, 0.2) is 23.1 Å². The van der Waals surface area contributed by atoms with Gasteiger partial charge in [0, 0.05) is 12.1 Å². The highest BCUT2D eigenvalue weighted by molar-refractivity contribution is 7.92. The third kappa shape index (κ3) is 3.18. The number of nitro groups is 1. The van der Waals surface area contributed by atoms with E-state index in [2.05, 4.69) is 9.82 Å². The fourth-order valence-corrected chi connectivity index (χ4v) is 3.96. The van der Waals surface area contributed by atoms with Crippen LogP contribution in [0, 0.1) is 24.0 Å². The van der Waals surface area contributed by atoms with Gasteiger partial charge in [0.2, 0.25) is 0 Å². The van der Waals surface area contributed by atoms with Crippen LogP contribution in [0.3, 0.4) is 0 Å². The number of anilines is 2. The first-order valence-electron chi connectivity index (χ1n) is 7.17. The van der Waals surface area contributed by atoms with E-state index >= 15 is 0 Å². The van der Waals surface area contributed by atoms with Gasteiger partial charge in [0.1, 0.15) is 10.6 Å². The van der Waals surface area contributed by atoms with Crippen molar-refractivity contribution in [2.45, 2.75) is 38.6 Å². The molecule has 0 aliphatic heterocycles. The fraction of sp³-hybridized carbons (Fsp3) is 0.357. The lowest BCUT2D eigenvalue weighted by molar-refractivity contribution is -0.383. The Labute approximate surface area is 139 Å². The van der Waals surface area contributed by atoms with E-state index in [-0.39, 0.29) is 28.0 Å². The maximum absolute atomic E-state index is 12.7. The second kappa shape index (κ2) is 6.11. The van der Waals surface area contributed by atoms with E-state index in [1.165, 1.54) is 12.1 Å². The summed E-state index contributed by atoms with van der Waals surface area (Å²) >= 11 is 0. The van der Waals surface area contributed by atoms with Gasteiger partial charge in [-0.05, 0) is 39.8 Å². The highest BCUT2D eigenvalue weighted by atomic mass is 32.2. The van der Waals surface area contributed by atoms with Gasteiger partial charge in [0.05, 0.1) is 22.0 Å². The topological polar surface area (TPSA) is 133 Å². The van der Waals surface area contributed by atoms with Crippen LogP contribution in [-0.4, -0.2) is 23.1 Å². The van der Waals surface area contributed by atoms with Crippen molar-refractivity contribution in [3.63, 3.8) is 0 Å². The fourth-order valence-electron chi connectivity index (χ4n) is 2.51. The van der Waals surface area contributed by atoms with Crippen molar-refractivity contribution >= 4 is 27.1 Å². The summed E-state index contributed by atoms with van der Waals surface area (Å²) in [6, 6.07) is 3.75. The first-order valence-corrected chi connectivity index (χ1v) is 8.65. The van der Waals surface area contributed by atoms with Gasteiger partial charge in [-0.2, -0.15) is 5.10 Å². The van der Waals surface area contributed by atoms with Gasteiger partial charge < -0.3 is 5.73 Å². The molecule has 3 N–H and O–H groups in total. The number of nitrogens with one attached hydrogen (secondary N) is 1. The van der Waals surface area contributed by atoms with Crippen LogP contribution in [0.1, 0.15) is 31.3 Å². The third-order valence-electron chi connectivity index (χ3n) is 3.50. The molecule has 1 aromatic heterocycles. The molecular formula is C14H19N5O4S. The largest absolute Gasteiger partial charge is 0.393 e. The predicted octanol–water partition coefficient (Wildman–Crippen LogP) is 2.37. The smallest absolute Gasteiger partial charge is 0.294 e. The van der Waals surface area contributed by atoms with E-state index < -0.39 is 14.9 Å². The zero-order valence-corrected chi connectivity index (χ0v) is 14.6. The predicted molar refractivity (Wildman–Crippen MR) is 90.4 cm³/mol. The Morgan fingerprint density at radius 2 is 1.96 bits per heavy atom. The van der Waals surface area contributed by atoms with Crippen LogP contribution in [0.5, 0.6) is 0 Å². The summed E-state index contributed by atoms with van der Waals surface area (Å²) in [5.41, 5.74) is 6.04. The van der Waals surface area contributed by atoms with Crippen LogP contribution >= 0.6 is 0 Å². The molecule has 0 amide bonds. The molecule has 0 spiro atoms. The van der Waals surface area contributed by atoms with Crippen molar-refractivity contribution in [3.05, 3.63) is 39.7 Å². The second-order valence-electron chi connectivity index (χ2n) is 5.67. The number of aryl methyl sites for hydroxylation is 1. The van der Waals surface area contributed by atoms with Gasteiger partial charge in [-0.1, -0.05) is 0 Å². The average molecular weight is 353 g/mol. The molecule has 0 saturated carbocycles. The Balaban J connectivity index is 2.47. The van der Waals surface area contributed by atoms with Crippen LogP contribution in [-0.2, 0) is 10.0 Å². The Hall–Kier alpha value is -2.62. The van der Waals surface area contributed by atoms with Gasteiger partial charge in [0.25, 0.3) is 15.7 Å². The lowest BCUT2D eigenvalue weighted by Crippen LogP contribution is -2.15. The zero-order valence-electron chi connectivity index (χ0n) is 13.8. The molecular weight excluding hydrogens is 334 g/mol. The molecule has 0 aliphatic carbocycles. The summed E-state index contributed by atoms with van der Waals surface area (Å²) in [4.78, 5) is 10.3. The molecule has 0 aliphatic rings. The van der Waals surface area contributed by atoms with Crippen molar-refractivity contribution in [2.75, 3.05) is 10.5 Å². The summed E-state index contributed by atoms with van der Waals surface area (Å²) in [5, 5.41) is 15.2. The number of benzene rings is 1. The second-order valence-corrected chi connectivity index (χ2v) is 7.29. The van der Waals surface area contributed by atoms with E-state index in [9.17, 15) is 18.5 Å². The minimum atomic E-state index is -3.94. The maximum Gasteiger partial charge on any atom is 0.294 e. The van der Waals surface area contributed by atoms with Gasteiger partial charge in [-0.3, -0.25) is 19.5 Å². The molecule has 0 fully saturated rings. The summed E-state index contributed by atoms with van der Waals surface area (Å²) in [7, 11) is -3.94. The number of aromatic nitrogens is 2. The summed E-state index contributed by atoms with van der Waals surface area (Å²) in [6.45, 7) is 7.06. The molecule has 9 nitrogen and oxygen atoms in total. The molecule has 0 unspecified atom stereocenters. The Kier molecular flexibility index (Phi) is 4.52. The van der Waals surface area contributed by atoms with Crippen LogP contribution in [0.4, 0.5) is 17.1 Å². The highest BCUT2D eigenvalue weighted by Crippen LogP contribution is 2.28. The molecule has 24 heavy (non-hydrogen) atoms. The average Bonchev–Trinajstić information content (AvgIpc) is 2.76. The molecule has 1 aromatic carbocycles. The minimum Gasteiger partial charge on any atom is -0.393 e. The van der Waals surface area contributed by atoms with Gasteiger partial charge in [-0.15, -0.1) is 0 Å². The quantitative estimate of drug-likeness (QED) is 0.481. The Bertz CT molecular complexity index is 902. The molecule has 10 heteroatoms. The summed E-state index contributed by atoms with van der Waals surface area (Å²) < 4.78 is 29.3. The van der Waals surface area contributed by atoms with Crippen LogP contribution in [0.2, 0.25) is 0 Å². The molecule has 0 bridgehead atoms. The summed E-state index contributed by atoms with van der Waals surface area (Å²) in [5.74, 6) is 0. The number of nitrogens with zero attached hydrogens (tertiary/aromatic N) is 3. The van der Waals surface area contributed by atoms with Crippen LogP contribution in [0.25, 0.3) is 0 Å². The SMILES string of the molecule is Cc1nn(C(C)C)c(C)c1S(=O)(=O)Nc1ccc(N)c([N+](=O)[O-])c1. The van der Waals surface area contributed by atoms with Crippen LogP contribution < -0.4 is 10.5 Å². The standard InChI is InChI=1S/C14H19N5O4S/c1-8(2)18-10(4)14(9(3)16-18)24(22,23)17-11-5-6-12(15)13(7-11)19(20)21/h5-8,17H,15H2,1-4H3. The molecule has 1 heterocycles. The number of hydrogen-bond acceptors (Lipinski definition) is 6. The zero-order chi connectivity index (χ0) is 18.2. The number of nitrogens with two attached hydrogens (primary N) is 1. The highest BCUT2D eigenvalue weighted by Gasteiger charge is 2.26. The van der Waals surface area contributed by atoms with Gasteiger partial charge in [-0.25, -0.2) is 8.42 Å². The van der Waals surface area contributed by atoms with E-state index in [0.29, 0.717) is 11.4 Å². The number of nitro benzene ring substituents is 1. The van der Waals surface area contributed by atoms with Gasteiger partial charge >= 0.3 is 0 Å². The summed E-state index contributed by atoms with van der Waals surface area (Å²) in [6.07, 6.45) is 0. The monoisotopic (exact) mass is 353 g/mol. The Morgan fingerprint density at radius 1 is 1.33 bits per heavy atom. The van der Waals surface area contributed by atoms with Crippen molar-refractivity contribution in [1.82, 2.24) is 9.78 Å². The lowest BCUT2D eigenvalue weighted by Gasteiger charge is -2.11. The molecule has 0 atom stereocenters. The first-order chi connectivity index (χ1) is 11.0. The van der Waals surface area contributed by atoms with Gasteiger partial charge in [0.15, 0.2) is 0 Å². The number of hydrogen-bond donors (Lipinski definition) is 2. The van der Waals surface area contributed by atoms with Crippen molar-refractivity contribution in [3.8, 4) is 0 Å². The molecule has 0 radical (unpaired) electrons. The first kappa shape index (κ1) is 17.7. The molecule has 2 aromatic rings. The normalized spacial score (nSPS) is 11.7. The van der Waals surface area contributed by atoms with E-state index in [1.807, 2.05) is 13.8 Å². The lowest BCUT2D eigenvalue weighted by atomic mass is 10.2. The third-order valence-corrected chi connectivity index (χ3v) is 5.13. The van der Waals surface area contributed by atoms with E-state index in [4.69, 9.17) is 5.73 Å². The van der Waals surface area contributed by atoms with E-state index in [0.717, 1.165) is 6.07 Å². The number of sulfonamides is 1.